The third kappa shape index (κ3) is 2.34. The molecule has 2 N–H and O–H groups in total. The molecule has 0 aromatic carbocycles. The van der Waals surface area contributed by atoms with Crippen LogP contribution in [0.4, 0.5) is 0 Å². The quantitative estimate of drug-likeness (QED) is 0.762. The Kier molecular flexibility index (Phi) is 3.30. The number of nitrogens with zero attached hydrogens (tertiary/aromatic N) is 1. The Morgan fingerprint density at radius 1 is 1.56 bits per heavy atom. The van der Waals surface area contributed by atoms with Gasteiger partial charge in [-0.25, -0.2) is 13.4 Å². The molecular weight excluding hydrogens is 258 g/mol. The molecule has 0 saturated carbocycles. The van der Waals surface area contributed by atoms with E-state index in [1.807, 2.05) is 0 Å². The largest absolute Gasteiger partial charge is 0.468 e. The van der Waals surface area contributed by atoms with Crippen molar-refractivity contribution in [1.29, 1.82) is 0 Å². The lowest BCUT2D eigenvalue weighted by Crippen LogP contribution is -2.30. The highest BCUT2D eigenvalue weighted by molar-refractivity contribution is 7.89. The highest BCUT2D eigenvalue weighted by Crippen LogP contribution is 2.20. The molecule has 0 radical (unpaired) electrons. The summed E-state index contributed by atoms with van der Waals surface area (Å²) in [5, 5.41) is 0.467. The van der Waals surface area contributed by atoms with Crippen LogP contribution in [0.3, 0.4) is 0 Å². The van der Waals surface area contributed by atoms with E-state index >= 15 is 0 Å². The van der Waals surface area contributed by atoms with Gasteiger partial charge in [0.15, 0.2) is 0 Å². The average Bonchev–Trinajstić information content (AvgIpc) is 2.80. The minimum atomic E-state index is -3.77. The summed E-state index contributed by atoms with van der Waals surface area (Å²) in [7, 11) is -2.58. The summed E-state index contributed by atoms with van der Waals surface area (Å²) in [6, 6.07) is 3.26. The van der Waals surface area contributed by atoms with Crippen molar-refractivity contribution in [3.05, 3.63) is 24.5 Å². The third-order valence-electron chi connectivity index (χ3n) is 2.34. The third-order valence-corrected chi connectivity index (χ3v) is 3.78. The van der Waals surface area contributed by atoms with Gasteiger partial charge in [-0.3, -0.25) is 4.79 Å². The molecule has 96 valence electrons. The number of hydrogen-bond donors (Lipinski definition) is 2. The normalized spacial score (nSPS) is 11.6. The van der Waals surface area contributed by atoms with E-state index in [-0.39, 0.29) is 4.90 Å². The second-order valence-electron chi connectivity index (χ2n) is 3.45. The van der Waals surface area contributed by atoms with Crippen LogP contribution in [0.15, 0.2) is 29.4 Å². The predicted molar refractivity (Wildman–Crippen MR) is 63.3 cm³/mol. The minimum absolute atomic E-state index is 0.0505. The summed E-state index contributed by atoms with van der Waals surface area (Å²) in [6.45, 7) is -0.411. The Morgan fingerprint density at radius 3 is 3.06 bits per heavy atom. The van der Waals surface area contributed by atoms with Crippen molar-refractivity contribution in [3.63, 3.8) is 0 Å². The molecule has 7 nitrogen and oxygen atoms in total. The molecule has 2 aromatic rings. The minimum Gasteiger partial charge on any atom is -0.468 e. The first-order valence-electron chi connectivity index (χ1n) is 5.03. The smallest absolute Gasteiger partial charge is 0.320 e. The second kappa shape index (κ2) is 4.75. The Bertz CT molecular complexity index is 677. The van der Waals surface area contributed by atoms with Gasteiger partial charge in [0.25, 0.3) is 0 Å². The van der Waals surface area contributed by atoms with E-state index in [1.165, 1.54) is 13.3 Å². The maximum Gasteiger partial charge on any atom is 0.320 e. The molecule has 2 rings (SSSR count). The molecule has 2 heterocycles. The summed E-state index contributed by atoms with van der Waals surface area (Å²) < 4.78 is 30.4. The van der Waals surface area contributed by atoms with Crippen LogP contribution in [0, 0.1) is 0 Å². The van der Waals surface area contributed by atoms with E-state index in [0.29, 0.717) is 11.0 Å². The number of carbonyl (C=O) groups is 1. The van der Waals surface area contributed by atoms with E-state index in [2.05, 4.69) is 19.4 Å². The summed E-state index contributed by atoms with van der Waals surface area (Å²) in [5.41, 5.74) is 0.468. The number of rotatable bonds is 4. The molecule has 8 heteroatoms. The van der Waals surface area contributed by atoms with Crippen LogP contribution in [-0.2, 0) is 19.6 Å². The van der Waals surface area contributed by atoms with Gasteiger partial charge in [0, 0.05) is 17.8 Å². The molecule has 0 fully saturated rings. The summed E-state index contributed by atoms with van der Waals surface area (Å²) in [6.07, 6.45) is 2.88. The number of aromatic nitrogens is 2. The standard InChI is InChI=1S/C10H11N3O4S/c1-17-9(14)6-13-18(15,16)8-5-12-10-7(8)3-2-4-11-10/h2-5,13H,6H2,1H3,(H,11,12). The van der Waals surface area contributed by atoms with Crippen molar-refractivity contribution in [2.75, 3.05) is 13.7 Å². The van der Waals surface area contributed by atoms with Crippen molar-refractivity contribution in [2.45, 2.75) is 4.90 Å². The molecule has 0 saturated heterocycles. The van der Waals surface area contributed by atoms with Crippen molar-refractivity contribution < 1.29 is 17.9 Å². The zero-order valence-electron chi connectivity index (χ0n) is 9.50. The number of methoxy groups -OCH3 is 1. The first kappa shape index (κ1) is 12.5. The van der Waals surface area contributed by atoms with Gasteiger partial charge in [-0.2, -0.15) is 4.72 Å². The van der Waals surface area contributed by atoms with Crippen molar-refractivity contribution >= 4 is 27.0 Å². The van der Waals surface area contributed by atoms with Crippen LogP contribution in [0.1, 0.15) is 0 Å². The van der Waals surface area contributed by atoms with Gasteiger partial charge in [-0.15, -0.1) is 0 Å². The van der Waals surface area contributed by atoms with Crippen LogP contribution >= 0.6 is 0 Å². The first-order valence-corrected chi connectivity index (χ1v) is 6.51. The van der Waals surface area contributed by atoms with Gasteiger partial charge in [-0.1, -0.05) is 0 Å². The number of nitrogens with one attached hydrogen (secondary N) is 2. The fraction of sp³-hybridized carbons (Fsp3) is 0.200. The zero-order chi connectivity index (χ0) is 13.2. The summed E-state index contributed by atoms with van der Waals surface area (Å²) in [5.74, 6) is -0.656. The number of hydrogen-bond acceptors (Lipinski definition) is 5. The van der Waals surface area contributed by atoms with Gasteiger partial charge >= 0.3 is 5.97 Å². The fourth-order valence-corrected chi connectivity index (χ4v) is 2.59. The van der Waals surface area contributed by atoms with E-state index < -0.39 is 22.5 Å². The van der Waals surface area contributed by atoms with E-state index in [0.717, 1.165) is 0 Å². The van der Waals surface area contributed by atoms with Crippen molar-refractivity contribution in [3.8, 4) is 0 Å². The lowest BCUT2D eigenvalue weighted by Gasteiger charge is -2.04. The topological polar surface area (TPSA) is 101 Å². The molecule has 0 bridgehead atoms. The SMILES string of the molecule is COC(=O)CNS(=O)(=O)c1c[nH]c2ncccc12. The molecule has 0 unspecified atom stereocenters. The number of carbonyl (C=O) groups excluding carboxylic acids is 1. The highest BCUT2D eigenvalue weighted by Gasteiger charge is 2.20. The van der Waals surface area contributed by atoms with E-state index in [4.69, 9.17) is 0 Å². The fourth-order valence-electron chi connectivity index (χ4n) is 1.46. The number of ether oxygens (including phenoxy) is 1. The number of sulfonamides is 1. The Labute approximate surface area is 103 Å². The maximum absolute atomic E-state index is 12.0. The molecule has 0 atom stereocenters. The zero-order valence-corrected chi connectivity index (χ0v) is 10.3. The number of aromatic amines is 1. The summed E-state index contributed by atoms with van der Waals surface area (Å²) in [4.78, 5) is 17.7. The lowest BCUT2D eigenvalue weighted by atomic mass is 10.3. The highest BCUT2D eigenvalue weighted by atomic mass is 32.2. The number of H-pyrrole nitrogens is 1. The molecular formula is C10H11N3O4S. The predicted octanol–water partition coefficient (Wildman–Crippen LogP) is 0.0142. The number of pyridine rings is 1. The van der Waals surface area contributed by atoms with Gasteiger partial charge < -0.3 is 9.72 Å². The molecule has 2 aromatic heterocycles. The van der Waals surface area contributed by atoms with Crippen LogP contribution in [-0.4, -0.2) is 38.0 Å². The number of esters is 1. The second-order valence-corrected chi connectivity index (χ2v) is 5.19. The lowest BCUT2D eigenvalue weighted by molar-refractivity contribution is -0.139. The molecule has 0 aliphatic rings. The maximum atomic E-state index is 12.0. The van der Waals surface area contributed by atoms with Gasteiger partial charge in [0.1, 0.15) is 17.1 Å². The van der Waals surface area contributed by atoms with Crippen LogP contribution in [0.5, 0.6) is 0 Å². The van der Waals surface area contributed by atoms with Crippen molar-refractivity contribution in [1.82, 2.24) is 14.7 Å². The van der Waals surface area contributed by atoms with Crippen LogP contribution in [0.2, 0.25) is 0 Å². The van der Waals surface area contributed by atoms with Crippen LogP contribution in [0.25, 0.3) is 11.0 Å². The molecule has 0 aliphatic heterocycles. The summed E-state index contributed by atoms with van der Waals surface area (Å²) >= 11 is 0. The van der Waals surface area contributed by atoms with E-state index in [9.17, 15) is 13.2 Å². The monoisotopic (exact) mass is 269 g/mol. The molecule has 0 spiro atoms. The Balaban J connectivity index is 2.32. The van der Waals surface area contributed by atoms with Crippen molar-refractivity contribution in [2.24, 2.45) is 0 Å². The van der Waals surface area contributed by atoms with Gasteiger partial charge in [0.05, 0.1) is 7.11 Å². The van der Waals surface area contributed by atoms with Gasteiger partial charge in [-0.05, 0) is 12.1 Å². The first-order chi connectivity index (χ1) is 8.54. The Hall–Kier alpha value is -1.93. The van der Waals surface area contributed by atoms with Crippen LogP contribution < -0.4 is 4.72 Å². The molecule has 0 aliphatic carbocycles. The molecule has 0 amide bonds. The Morgan fingerprint density at radius 2 is 2.33 bits per heavy atom. The number of fused-ring (bicyclic) bond motifs is 1. The average molecular weight is 269 g/mol. The van der Waals surface area contributed by atoms with Gasteiger partial charge in [0.2, 0.25) is 10.0 Å². The van der Waals surface area contributed by atoms with E-state index in [1.54, 1.807) is 18.3 Å². The molecule has 18 heavy (non-hydrogen) atoms.